The number of nitrogens with one attached hydrogen (secondary N) is 1. The van der Waals surface area contributed by atoms with Crippen molar-refractivity contribution in [1.29, 1.82) is 0 Å². The van der Waals surface area contributed by atoms with Gasteiger partial charge in [0.2, 0.25) is 0 Å². The van der Waals surface area contributed by atoms with E-state index < -0.39 is 0 Å². The van der Waals surface area contributed by atoms with Gasteiger partial charge in [0.05, 0.1) is 13.2 Å². The van der Waals surface area contributed by atoms with Gasteiger partial charge in [-0.05, 0) is 57.4 Å². The van der Waals surface area contributed by atoms with Crippen molar-refractivity contribution in [3.63, 3.8) is 0 Å². The van der Waals surface area contributed by atoms with E-state index in [4.69, 9.17) is 9.47 Å². The second kappa shape index (κ2) is 10.6. The quantitative estimate of drug-likeness (QED) is 0.688. The lowest BCUT2D eigenvalue weighted by Crippen LogP contribution is -2.33. The Morgan fingerprint density at radius 3 is 2.54 bits per heavy atom. The van der Waals surface area contributed by atoms with E-state index >= 15 is 0 Å². The summed E-state index contributed by atoms with van der Waals surface area (Å²) in [5.74, 6) is 0.709. The smallest absolute Gasteiger partial charge is 0.251 e. The maximum atomic E-state index is 12.6. The maximum Gasteiger partial charge on any atom is 0.251 e. The van der Waals surface area contributed by atoms with E-state index in [1.165, 1.54) is 5.56 Å². The molecule has 0 fully saturated rings. The second-order valence-corrected chi connectivity index (χ2v) is 6.29. The van der Waals surface area contributed by atoms with Gasteiger partial charge in [0.25, 0.3) is 5.91 Å². The van der Waals surface area contributed by atoms with Crippen LogP contribution in [0.5, 0.6) is 5.75 Å². The topological polar surface area (TPSA) is 47.6 Å². The van der Waals surface area contributed by atoms with E-state index in [-0.39, 0.29) is 11.9 Å². The summed E-state index contributed by atoms with van der Waals surface area (Å²) in [4.78, 5) is 12.6. The Balaban J connectivity index is 1.96. The molecule has 140 valence electrons. The molecule has 2 aromatic rings. The fourth-order valence-electron chi connectivity index (χ4n) is 2.75. The largest absolute Gasteiger partial charge is 0.494 e. The third-order valence-corrected chi connectivity index (χ3v) is 4.17. The van der Waals surface area contributed by atoms with Crippen molar-refractivity contribution in [1.82, 2.24) is 5.32 Å². The Morgan fingerprint density at radius 1 is 1.08 bits per heavy atom. The molecule has 26 heavy (non-hydrogen) atoms. The zero-order valence-electron chi connectivity index (χ0n) is 16.0. The zero-order valence-corrected chi connectivity index (χ0v) is 16.0. The molecule has 0 unspecified atom stereocenters. The molecule has 1 N–H and O–H groups in total. The summed E-state index contributed by atoms with van der Waals surface area (Å²) in [7, 11) is 0. The first-order chi connectivity index (χ1) is 12.6. The lowest BCUT2D eigenvalue weighted by atomic mass is 10.1. The molecular weight excluding hydrogens is 326 g/mol. The molecule has 0 saturated heterocycles. The molecule has 0 heterocycles. The van der Waals surface area contributed by atoms with Crippen LogP contribution in [0.4, 0.5) is 0 Å². The molecule has 0 aliphatic heterocycles. The minimum atomic E-state index is -0.0636. The van der Waals surface area contributed by atoms with Crippen molar-refractivity contribution in [2.75, 3.05) is 13.2 Å². The second-order valence-electron chi connectivity index (χ2n) is 6.29. The molecule has 0 spiro atoms. The molecule has 0 aliphatic carbocycles. The van der Waals surface area contributed by atoms with Crippen LogP contribution in [0.3, 0.4) is 0 Å². The van der Waals surface area contributed by atoms with Gasteiger partial charge >= 0.3 is 0 Å². The molecule has 0 bridgehead atoms. The first-order valence-corrected chi connectivity index (χ1v) is 9.32. The fourth-order valence-corrected chi connectivity index (χ4v) is 2.75. The summed E-state index contributed by atoms with van der Waals surface area (Å²) < 4.78 is 11.1. The molecule has 1 atom stereocenters. The van der Waals surface area contributed by atoms with E-state index in [1.807, 2.05) is 51.1 Å². The number of benzene rings is 2. The summed E-state index contributed by atoms with van der Waals surface area (Å²) >= 11 is 0. The van der Waals surface area contributed by atoms with Crippen LogP contribution in [0.15, 0.2) is 48.5 Å². The van der Waals surface area contributed by atoms with E-state index in [9.17, 15) is 4.79 Å². The van der Waals surface area contributed by atoms with Crippen LogP contribution in [0.25, 0.3) is 0 Å². The molecule has 0 radical (unpaired) electrons. The van der Waals surface area contributed by atoms with Crippen LogP contribution in [0.2, 0.25) is 0 Å². The average molecular weight is 355 g/mol. The Hall–Kier alpha value is -2.33. The van der Waals surface area contributed by atoms with Gasteiger partial charge in [-0.25, -0.2) is 0 Å². The monoisotopic (exact) mass is 355 g/mol. The first-order valence-electron chi connectivity index (χ1n) is 9.32. The highest BCUT2D eigenvalue weighted by molar-refractivity contribution is 5.94. The van der Waals surface area contributed by atoms with E-state index in [1.54, 1.807) is 6.07 Å². The van der Waals surface area contributed by atoms with Gasteiger partial charge in [0, 0.05) is 23.8 Å². The van der Waals surface area contributed by atoms with Gasteiger partial charge in [0.1, 0.15) is 5.75 Å². The number of hydrogen-bond donors (Lipinski definition) is 1. The standard InChI is InChI=1S/C22H29NO3/c1-4-25-16-20-15-19(13-14-21(20)26-5-2)22(24)23-17(3)11-12-18-9-7-6-8-10-18/h6-10,13-15,17H,4-5,11-12,16H2,1-3H3,(H,23,24)/t17-/m1/s1. The van der Waals surface area contributed by atoms with E-state index in [0.717, 1.165) is 24.2 Å². The summed E-state index contributed by atoms with van der Waals surface area (Å²) in [6, 6.07) is 15.9. The fraction of sp³-hybridized carbons (Fsp3) is 0.409. The third-order valence-electron chi connectivity index (χ3n) is 4.17. The molecular formula is C22H29NO3. The molecule has 0 aromatic heterocycles. The van der Waals surface area contributed by atoms with Crippen molar-refractivity contribution in [3.05, 3.63) is 65.2 Å². The molecule has 2 rings (SSSR count). The predicted molar refractivity (Wildman–Crippen MR) is 105 cm³/mol. The van der Waals surface area contributed by atoms with Crippen molar-refractivity contribution in [2.24, 2.45) is 0 Å². The van der Waals surface area contributed by atoms with Gasteiger partial charge < -0.3 is 14.8 Å². The van der Waals surface area contributed by atoms with Crippen molar-refractivity contribution >= 4 is 5.91 Å². The Morgan fingerprint density at radius 2 is 1.85 bits per heavy atom. The van der Waals surface area contributed by atoms with Gasteiger partial charge in [-0.2, -0.15) is 0 Å². The van der Waals surface area contributed by atoms with E-state index in [2.05, 4.69) is 17.4 Å². The van der Waals surface area contributed by atoms with E-state index in [0.29, 0.717) is 25.4 Å². The van der Waals surface area contributed by atoms with Gasteiger partial charge in [0.15, 0.2) is 0 Å². The summed E-state index contributed by atoms with van der Waals surface area (Å²) in [5.41, 5.74) is 2.82. The lowest BCUT2D eigenvalue weighted by molar-refractivity contribution is 0.0937. The number of amides is 1. The SMILES string of the molecule is CCOCc1cc(C(=O)N[C@H](C)CCc2ccccc2)ccc1OCC. The number of aryl methyl sites for hydroxylation is 1. The van der Waals surface area contributed by atoms with Crippen LogP contribution in [0.1, 0.15) is 48.7 Å². The zero-order chi connectivity index (χ0) is 18.8. The number of rotatable bonds is 10. The lowest BCUT2D eigenvalue weighted by Gasteiger charge is -2.16. The normalized spacial score (nSPS) is 11.8. The molecule has 1 amide bonds. The maximum absolute atomic E-state index is 12.6. The average Bonchev–Trinajstić information content (AvgIpc) is 2.66. The number of hydrogen-bond acceptors (Lipinski definition) is 3. The number of ether oxygens (including phenoxy) is 2. The van der Waals surface area contributed by atoms with Gasteiger partial charge in [-0.15, -0.1) is 0 Å². The molecule has 4 nitrogen and oxygen atoms in total. The van der Waals surface area contributed by atoms with Gasteiger partial charge in [-0.1, -0.05) is 30.3 Å². The van der Waals surface area contributed by atoms with Crippen LogP contribution in [-0.2, 0) is 17.8 Å². The van der Waals surface area contributed by atoms with Crippen LogP contribution >= 0.6 is 0 Å². The molecule has 4 heteroatoms. The summed E-state index contributed by atoms with van der Waals surface area (Å²) in [6.45, 7) is 7.58. The predicted octanol–water partition coefficient (Wildman–Crippen LogP) is 4.37. The first kappa shape index (κ1) is 20.0. The molecule has 0 aliphatic rings. The van der Waals surface area contributed by atoms with Crippen LogP contribution < -0.4 is 10.1 Å². The third kappa shape index (κ3) is 6.19. The van der Waals surface area contributed by atoms with Crippen LogP contribution in [0, 0.1) is 0 Å². The number of carbonyl (C=O) groups is 1. The summed E-state index contributed by atoms with van der Waals surface area (Å²) in [5, 5.41) is 3.08. The van der Waals surface area contributed by atoms with Crippen molar-refractivity contribution < 1.29 is 14.3 Å². The minimum absolute atomic E-state index is 0.0636. The Bertz CT molecular complexity index is 685. The molecule has 0 saturated carbocycles. The van der Waals surface area contributed by atoms with Crippen molar-refractivity contribution in [2.45, 2.75) is 46.3 Å². The van der Waals surface area contributed by atoms with Gasteiger partial charge in [-0.3, -0.25) is 4.79 Å². The highest BCUT2D eigenvalue weighted by atomic mass is 16.5. The summed E-state index contributed by atoms with van der Waals surface area (Å²) in [6.07, 6.45) is 1.85. The van der Waals surface area contributed by atoms with Crippen molar-refractivity contribution in [3.8, 4) is 5.75 Å². The highest BCUT2D eigenvalue weighted by Crippen LogP contribution is 2.21. The minimum Gasteiger partial charge on any atom is -0.494 e. The molecule has 2 aromatic carbocycles. The van der Waals surface area contributed by atoms with Crippen LogP contribution in [-0.4, -0.2) is 25.2 Å². The number of carbonyl (C=O) groups excluding carboxylic acids is 1. The highest BCUT2D eigenvalue weighted by Gasteiger charge is 2.13. The Labute approximate surface area is 156 Å². The Kier molecular flexibility index (Phi) is 8.16.